The molecule has 0 aliphatic carbocycles. The predicted octanol–water partition coefficient (Wildman–Crippen LogP) is 4.37. The third-order valence-corrected chi connectivity index (χ3v) is 4.84. The monoisotopic (exact) mass is 356 g/mol. The van der Waals surface area contributed by atoms with Gasteiger partial charge in [0.05, 0.1) is 23.9 Å². The van der Waals surface area contributed by atoms with Gasteiger partial charge < -0.3 is 9.47 Å². The number of amides is 1. The number of methoxy groups -OCH3 is 1. The highest BCUT2D eigenvalue weighted by atomic mass is 32.1. The fourth-order valence-corrected chi connectivity index (χ4v) is 3.60. The Morgan fingerprint density at radius 2 is 1.96 bits per heavy atom. The Bertz CT molecular complexity index is 858. The first-order valence-electron chi connectivity index (χ1n) is 8.16. The number of fused-ring (bicyclic) bond motifs is 1. The molecule has 3 rings (SSSR count). The summed E-state index contributed by atoms with van der Waals surface area (Å²) in [5, 5.41) is 0.696. The predicted molar refractivity (Wildman–Crippen MR) is 101 cm³/mol. The summed E-state index contributed by atoms with van der Waals surface area (Å²) in [6.07, 6.45) is 0. The van der Waals surface area contributed by atoms with Crippen LogP contribution in [0.3, 0.4) is 0 Å². The zero-order valence-corrected chi connectivity index (χ0v) is 15.3. The van der Waals surface area contributed by atoms with Gasteiger partial charge in [-0.1, -0.05) is 23.5 Å². The smallest absolute Gasteiger partial charge is 0.260 e. The van der Waals surface area contributed by atoms with Crippen LogP contribution >= 0.6 is 11.3 Å². The number of carbonyl (C=O) groups excluding carboxylic acids is 1. The summed E-state index contributed by atoms with van der Waals surface area (Å²) in [7, 11) is 1.57. The third-order valence-electron chi connectivity index (χ3n) is 3.79. The van der Waals surface area contributed by atoms with Crippen molar-refractivity contribution >= 4 is 32.6 Å². The number of hydrogen-bond acceptors (Lipinski definition) is 5. The molecule has 0 atom stereocenters. The number of hydrogen-bond donors (Lipinski definition) is 0. The van der Waals surface area contributed by atoms with E-state index in [4.69, 9.17) is 9.47 Å². The SMILES string of the molecule is CCOc1ccc(C(=O)N(CC)c2nc3ccccc3s2)cc1OC. The Morgan fingerprint density at radius 1 is 1.16 bits per heavy atom. The van der Waals surface area contributed by atoms with E-state index in [1.165, 1.54) is 11.3 Å². The Kier molecular flexibility index (Phi) is 5.19. The van der Waals surface area contributed by atoms with Crippen molar-refractivity contribution in [3.05, 3.63) is 48.0 Å². The average molecular weight is 356 g/mol. The van der Waals surface area contributed by atoms with Crippen LogP contribution in [-0.2, 0) is 0 Å². The Hall–Kier alpha value is -2.60. The van der Waals surface area contributed by atoms with E-state index >= 15 is 0 Å². The molecule has 25 heavy (non-hydrogen) atoms. The Morgan fingerprint density at radius 3 is 2.64 bits per heavy atom. The van der Waals surface area contributed by atoms with Crippen LogP contribution in [0.4, 0.5) is 5.13 Å². The first-order valence-corrected chi connectivity index (χ1v) is 8.97. The molecule has 2 aromatic carbocycles. The van der Waals surface area contributed by atoms with Gasteiger partial charge in [-0.25, -0.2) is 4.98 Å². The van der Waals surface area contributed by atoms with Gasteiger partial charge in [0, 0.05) is 12.1 Å². The van der Waals surface area contributed by atoms with E-state index in [1.54, 1.807) is 30.2 Å². The second-order valence-corrected chi connectivity index (χ2v) is 6.32. The molecular weight excluding hydrogens is 336 g/mol. The van der Waals surface area contributed by atoms with Crippen molar-refractivity contribution in [3.63, 3.8) is 0 Å². The summed E-state index contributed by atoms with van der Waals surface area (Å²) in [6, 6.07) is 13.1. The lowest BCUT2D eigenvalue weighted by Crippen LogP contribution is -2.30. The number of ether oxygens (including phenoxy) is 2. The van der Waals surface area contributed by atoms with Crippen molar-refractivity contribution in [2.45, 2.75) is 13.8 Å². The highest BCUT2D eigenvalue weighted by Crippen LogP contribution is 2.32. The molecule has 1 aromatic heterocycles. The van der Waals surface area contributed by atoms with Crippen LogP contribution in [0, 0.1) is 0 Å². The molecule has 6 heteroatoms. The van der Waals surface area contributed by atoms with Crippen LogP contribution in [0.25, 0.3) is 10.2 Å². The lowest BCUT2D eigenvalue weighted by molar-refractivity contribution is 0.0988. The zero-order chi connectivity index (χ0) is 17.8. The molecule has 0 bridgehead atoms. The van der Waals surface area contributed by atoms with E-state index in [2.05, 4.69) is 4.98 Å². The summed E-state index contributed by atoms with van der Waals surface area (Å²) in [5.41, 5.74) is 1.44. The largest absolute Gasteiger partial charge is 0.493 e. The summed E-state index contributed by atoms with van der Waals surface area (Å²) in [6.45, 7) is 4.92. The van der Waals surface area contributed by atoms with Gasteiger partial charge in [-0.05, 0) is 44.2 Å². The van der Waals surface area contributed by atoms with Gasteiger partial charge in [-0.15, -0.1) is 0 Å². The van der Waals surface area contributed by atoms with Gasteiger partial charge >= 0.3 is 0 Å². The number of aromatic nitrogens is 1. The normalized spacial score (nSPS) is 10.7. The van der Waals surface area contributed by atoms with Crippen LogP contribution < -0.4 is 14.4 Å². The Labute approximate surface area is 150 Å². The van der Waals surface area contributed by atoms with Gasteiger partial charge in [0.25, 0.3) is 5.91 Å². The van der Waals surface area contributed by atoms with E-state index in [1.807, 2.05) is 38.1 Å². The minimum Gasteiger partial charge on any atom is -0.493 e. The molecule has 0 aliphatic heterocycles. The molecule has 0 radical (unpaired) electrons. The maximum absolute atomic E-state index is 13.0. The second-order valence-electron chi connectivity index (χ2n) is 5.31. The number of anilines is 1. The van der Waals surface area contributed by atoms with E-state index in [9.17, 15) is 4.79 Å². The second kappa shape index (κ2) is 7.53. The highest BCUT2D eigenvalue weighted by Gasteiger charge is 2.21. The number of rotatable bonds is 6. The molecule has 0 aliphatic rings. The van der Waals surface area contributed by atoms with Crippen molar-refractivity contribution in [2.75, 3.05) is 25.2 Å². The molecule has 130 valence electrons. The van der Waals surface area contributed by atoms with Gasteiger partial charge in [0.1, 0.15) is 0 Å². The van der Waals surface area contributed by atoms with Crippen LogP contribution in [0.2, 0.25) is 0 Å². The van der Waals surface area contributed by atoms with Crippen LogP contribution in [-0.4, -0.2) is 31.2 Å². The number of thiazole rings is 1. The topological polar surface area (TPSA) is 51.7 Å². The number of nitrogens with zero attached hydrogens (tertiary/aromatic N) is 2. The number of para-hydroxylation sites is 1. The fourth-order valence-electron chi connectivity index (χ4n) is 2.57. The minimum atomic E-state index is -0.108. The van der Waals surface area contributed by atoms with E-state index in [-0.39, 0.29) is 5.91 Å². The molecule has 3 aromatic rings. The van der Waals surface area contributed by atoms with Crippen molar-refractivity contribution in [1.82, 2.24) is 4.98 Å². The first-order chi connectivity index (χ1) is 12.2. The third kappa shape index (κ3) is 3.44. The van der Waals surface area contributed by atoms with Gasteiger partial charge in [0.15, 0.2) is 16.6 Å². The first kappa shape index (κ1) is 17.2. The zero-order valence-electron chi connectivity index (χ0n) is 14.5. The molecule has 0 spiro atoms. The summed E-state index contributed by atoms with van der Waals surface area (Å²) in [5.74, 6) is 1.07. The maximum Gasteiger partial charge on any atom is 0.260 e. The van der Waals surface area contributed by atoms with Gasteiger partial charge in [-0.3, -0.25) is 9.69 Å². The van der Waals surface area contributed by atoms with Crippen LogP contribution in [0.15, 0.2) is 42.5 Å². The molecule has 5 nitrogen and oxygen atoms in total. The molecular formula is C19H20N2O3S. The Balaban J connectivity index is 1.94. The number of carbonyl (C=O) groups is 1. The summed E-state index contributed by atoms with van der Waals surface area (Å²) in [4.78, 5) is 19.3. The lowest BCUT2D eigenvalue weighted by Gasteiger charge is -2.18. The maximum atomic E-state index is 13.0. The quantitative estimate of drug-likeness (QED) is 0.658. The number of benzene rings is 2. The van der Waals surface area contributed by atoms with Crippen LogP contribution in [0.5, 0.6) is 11.5 Å². The average Bonchev–Trinajstić information content (AvgIpc) is 3.06. The summed E-state index contributed by atoms with van der Waals surface area (Å²) >= 11 is 1.51. The molecule has 0 unspecified atom stereocenters. The van der Waals surface area contributed by atoms with E-state index < -0.39 is 0 Å². The lowest BCUT2D eigenvalue weighted by atomic mass is 10.1. The van der Waals surface area contributed by atoms with Gasteiger partial charge in [0.2, 0.25) is 0 Å². The molecule has 1 amide bonds. The van der Waals surface area contributed by atoms with Crippen LogP contribution in [0.1, 0.15) is 24.2 Å². The van der Waals surface area contributed by atoms with E-state index in [0.717, 1.165) is 10.2 Å². The standard InChI is InChI=1S/C19H20N2O3S/c1-4-21(19-20-14-8-6-7-9-17(14)25-19)18(22)13-10-11-15(24-5-2)16(12-13)23-3/h6-12H,4-5H2,1-3H3. The molecule has 0 N–H and O–H groups in total. The summed E-state index contributed by atoms with van der Waals surface area (Å²) < 4.78 is 11.9. The molecule has 1 heterocycles. The van der Waals surface area contributed by atoms with Crippen molar-refractivity contribution in [2.24, 2.45) is 0 Å². The molecule has 0 saturated carbocycles. The fraction of sp³-hybridized carbons (Fsp3) is 0.263. The van der Waals surface area contributed by atoms with Crippen molar-refractivity contribution in [3.8, 4) is 11.5 Å². The highest BCUT2D eigenvalue weighted by molar-refractivity contribution is 7.22. The van der Waals surface area contributed by atoms with Crippen molar-refractivity contribution in [1.29, 1.82) is 0 Å². The molecule has 0 saturated heterocycles. The van der Waals surface area contributed by atoms with E-state index in [0.29, 0.717) is 35.3 Å². The van der Waals surface area contributed by atoms with Gasteiger partial charge in [-0.2, -0.15) is 0 Å². The van der Waals surface area contributed by atoms with Crippen molar-refractivity contribution < 1.29 is 14.3 Å². The molecule has 0 fully saturated rings. The minimum absolute atomic E-state index is 0.108.